The Bertz CT molecular complexity index is 719. The molecule has 2 unspecified atom stereocenters. The predicted molar refractivity (Wildman–Crippen MR) is 82.4 cm³/mol. The van der Waals surface area contributed by atoms with Crippen molar-refractivity contribution in [2.75, 3.05) is 13.1 Å². The molecule has 2 atom stereocenters. The van der Waals surface area contributed by atoms with E-state index in [9.17, 15) is 27.5 Å². The largest absolute Gasteiger partial charge is 0.480 e. The fourth-order valence-electron chi connectivity index (χ4n) is 3.34. The van der Waals surface area contributed by atoms with E-state index in [1.54, 1.807) is 0 Å². The van der Waals surface area contributed by atoms with E-state index >= 15 is 0 Å². The summed E-state index contributed by atoms with van der Waals surface area (Å²) in [5.41, 5.74) is -2.52. The Labute approximate surface area is 148 Å². The summed E-state index contributed by atoms with van der Waals surface area (Å²) in [5.74, 6) is -3.01. The first-order chi connectivity index (χ1) is 11.7. The lowest BCUT2D eigenvalue weighted by Crippen LogP contribution is -2.50. The maximum atomic E-state index is 14.2. The van der Waals surface area contributed by atoms with Gasteiger partial charge in [0.25, 0.3) is 5.66 Å². The summed E-state index contributed by atoms with van der Waals surface area (Å²) in [7, 11) is 0. The highest BCUT2D eigenvalue weighted by Crippen LogP contribution is 2.52. The lowest BCUT2D eigenvalue weighted by atomic mass is 9.86. The maximum Gasteiger partial charge on any atom is 0.438 e. The van der Waals surface area contributed by atoms with Crippen LogP contribution in [0.1, 0.15) is 24.4 Å². The number of alkyl halides is 3. The van der Waals surface area contributed by atoms with Gasteiger partial charge in [0.1, 0.15) is 11.9 Å². The Kier molecular flexibility index (Phi) is 4.61. The van der Waals surface area contributed by atoms with Crippen molar-refractivity contribution in [3.05, 3.63) is 34.1 Å². The van der Waals surface area contributed by atoms with Gasteiger partial charge in [0, 0.05) is 22.5 Å². The molecule has 1 fully saturated rings. The summed E-state index contributed by atoms with van der Waals surface area (Å²) in [6, 6.07) is 2.60. The molecule has 0 aromatic heterocycles. The number of hydrogen-bond donors (Lipinski definition) is 1. The fraction of sp³-hybridized carbons (Fsp3) is 0.533. The minimum atomic E-state index is -4.61. The minimum absolute atomic E-state index is 0.0814. The highest BCUT2D eigenvalue weighted by atomic mass is 79.9. The highest BCUT2D eigenvalue weighted by Gasteiger charge is 2.68. The number of carboxylic acid groups (broad SMARTS) is 1. The lowest BCUT2D eigenvalue weighted by molar-refractivity contribution is -0.182. The minimum Gasteiger partial charge on any atom is -0.480 e. The standard InChI is InChI=1S/C15H14BrF4N3O2/c16-9-3-4-10(11(17)6-9)12(13(24)25)23-5-1-2-8(7-23)14(21-22-14)15(18,19)20/h3-4,6,8,12H,1-2,5,7H2,(H,24,25). The van der Waals surface area contributed by atoms with Gasteiger partial charge in [-0.25, -0.2) is 4.39 Å². The van der Waals surface area contributed by atoms with Crippen LogP contribution in [0, 0.1) is 11.7 Å². The van der Waals surface area contributed by atoms with E-state index in [4.69, 9.17) is 0 Å². The molecule has 3 rings (SSSR count). The van der Waals surface area contributed by atoms with Crippen molar-refractivity contribution in [2.45, 2.75) is 30.7 Å². The van der Waals surface area contributed by atoms with Crippen LogP contribution in [-0.4, -0.2) is 40.9 Å². The van der Waals surface area contributed by atoms with E-state index in [0.29, 0.717) is 10.9 Å². The van der Waals surface area contributed by atoms with Gasteiger partial charge < -0.3 is 5.11 Å². The maximum absolute atomic E-state index is 14.2. The van der Waals surface area contributed by atoms with Gasteiger partial charge >= 0.3 is 12.1 Å². The molecule has 0 saturated carbocycles. The molecular weight excluding hydrogens is 410 g/mol. The average molecular weight is 424 g/mol. The van der Waals surface area contributed by atoms with Crippen LogP contribution >= 0.6 is 15.9 Å². The normalized spacial score (nSPS) is 24.1. The van der Waals surface area contributed by atoms with Gasteiger partial charge in [-0.05, 0) is 31.5 Å². The summed E-state index contributed by atoms with van der Waals surface area (Å²) in [4.78, 5) is 13.1. The van der Waals surface area contributed by atoms with E-state index in [1.165, 1.54) is 17.0 Å². The Morgan fingerprint density at radius 1 is 1.40 bits per heavy atom. The molecule has 0 radical (unpaired) electrons. The fourth-order valence-corrected chi connectivity index (χ4v) is 3.67. The number of likely N-dealkylation sites (tertiary alicyclic amines) is 1. The molecule has 10 heteroatoms. The molecule has 1 aromatic rings. The molecule has 2 aliphatic heterocycles. The number of benzene rings is 1. The highest BCUT2D eigenvalue weighted by molar-refractivity contribution is 9.10. The zero-order chi connectivity index (χ0) is 18.4. The molecule has 25 heavy (non-hydrogen) atoms. The monoisotopic (exact) mass is 423 g/mol. The number of carbonyl (C=O) groups is 1. The van der Waals surface area contributed by atoms with Crippen molar-refractivity contribution in [3.63, 3.8) is 0 Å². The van der Waals surface area contributed by atoms with Crippen LogP contribution in [0.15, 0.2) is 32.9 Å². The van der Waals surface area contributed by atoms with Crippen LogP contribution in [0.4, 0.5) is 17.6 Å². The molecule has 136 valence electrons. The average Bonchev–Trinajstić information content (AvgIpc) is 3.31. The number of aliphatic carboxylic acids is 1. The van der Waals surface area contributed by atoms with E-state index < -0.39 is 35.6 Å². The number of piperidine rings is 1. The number of hydrogen-bond acceptors (Lipinski definition) is 4. The lowest BCUT2D eigenvalue weighted by Gasteiger charge is -2.38. The van der Waals surface area contributed by atoms with E-state index in [0.717, 1.165) is 6.07 Å². The first-order valence-corrected chi connectivity index (χ1v) is 8.37. The third-order valence-electron chi connectivity index (χ3n) is 4.61. The van der Waals surface area contributed by atoms with Gasteiger partial charge in [-0.2, -0.15) is 13.2 Å². The molecular formula is C15H14BrF4N3O2. The van der Waals surface area contributed by atoms with Gasteiger partial charge in [0.05, 0.1) is 0 Å². The second-order valence-corrected chi connectivity index (χ2v) is 7.08. The van der Waals surface area contributed by atoms with E-state index in [-0.39, 0.29) is 25.1 Å². The number of rotatable bonds is 4. The second-order valence-electron chi connectivity index (χ2n) is 6.16. The molecule has 2 heterocycles. The smallest absolute Gasteiger partial charge is 0.438 e. The Balaban J connectivity index is 1.86. The summed E-state index contributed by atoms with van der Waals surface area (Å²) in [6.07, 6.45) is -4.02. The first-order valence-electron chi connectivity index (χ1n) is 7.58. The molecule has 0 aliphatic carbocycles. The molecule has 1 saturated heterocycles. The van der Waals surface area contributed by atoms with Crippen LogP contribution in [0.5, 0.6) is 0 Å². The zero-order valence-corrected chi connectivity index (χ0v) is 14.4. The summed E-state index contributed by atoms with van der Waals surface area (Å²) in [6.45, 7) is 0.0931. The van der Waals surface area contributed by atoms with Crippen LogP contribution < -0.4 is 0 Å². The van der Waals surface area contributed by atoms with Gasteiger partial charge in [-0.1, -0.05) is 22.0 Å². The van der Waals surface area contributed by atoms with E-state index in [1.807, 2.05) is 0 Å². The molecule has 0 amide bonds. The van der Waals surface area contributed by atoms with Gasteiger partial charge in [0.2, 0.25) is 0 Å². The van der Waals surface area contributed by atoms with Crippen LogP contribution in [0.25, 0.3) is 0 Å². The molecule has 5 nitrogen and oxygen atoms in total. The number of nitrogens with zero attached hydrogens (tertiary/aromatic N) is 3. The van der Waals surface area contributed by atoms with Crippen molar-refractivity contribution in [3.8, 4) is 0 Å². The summed E-state index contributed by atoms with van der Waals surface area (Å²) >= 11 is 3.09. The summed E-state index contributed by atoms with van der Waals surface area (Å²) < 4.78 is 54.3. The van der Waals surface area contributed by atoms with E-state index in [2.05, 4.69) is 26.2 Å². The number of carboxylic acids is 1. The zero-order valence-electron chi connectivity index (χ0n) is 12.8. The summed E-state index contributed by atoms with van der Waals surface area (Å²) in [5, 5.41) is 16.0. The predicted octanol–water partition coefficient (Wildman–Crippen LogP) is 4.15. The SMILES string of the molecule is O=C(O)C(c1ccc(Br)cc1F)N1CCCC(C2(C(F)(F)F)N=N2)C1. The van der Waals surface area contributed by atoms with Crippen molar-refractivity contribution < 1.29 is 27.5 Å². The van der Waals surface area contributed by atoms with Crippen molar-refractivity contribution in [1.82, 2.24) is 4.90 Å². The molecule has 1 N–H and O–H groups in total. The third-order valence-corrected chi connectivity index (χ3v) is 5.10. The Morgan fingerprint density at radius 3 is 2.60 bits per heavy atom. The topological polar surface area (TPSA) is 65.3 Å². The Hall–Kier alpha value is -1.55. The van der Waals surface area contributed by atoms with Gasteiger partial charge in [0.15, 0.2) is 0 Å². The first kappa shape index (κ1) is 18.2. The quantitative estimate of drug-likeness (QED) is 0.739. The van der Waals surface area contributed by atoms with Gasteiger partial charge in [-0.15, -0.1) is 10.2 Å². The third kappa shape index (κ3) is 3.29. The molecule has 0 bridgehead atoms. The van der Waals surface area contributed by atoms with Crippen molar-refractivity contribution >= 4 is 21.9 Å². The number of halogens is 5. The Morgan fingerprint density at radius 2 is 2.08 bits per heavy atom. The van der Waals surface area contributed by atoms with Crippen molar-refractivity contribution in [1.29, 1.82) is 0 Å². The molecule has 0 spiro atoms. The van der Waals surface area contributed by atoms with Crippen LogP contribution in [-0.2, 0) is 4.79 Å². The van der Waals surface area contributed by atoms with Crippen molar-refractivity contribution in [2.24, 2.45) is 16.1 Å². The molecule has 1 aromatic carbocycles. The molecule has 2 aliphatic rings. The van der Waals surface area contributed by atoms with Crippen LogP contribution in [0.3, 0.4) is 0 Å². The van der Waals surface area contributed by atoms with Crippen LogP contribution in [0.2, 0.25) is 0 Å². The van der Waals surface area contributed by atoms with Gasteiger partial charge in [-0.3, -0.25) is 9.69 Å². The second kappa shape index (κ2) is 6.31.